The highest BCUT2D eigenvalue weighted by atomic mass is 16.5. The van der Waals surface area contributed by atoms with Crippen molar-refractivity contribution in [3.05, 3.63) is 71.9 Å². The molecule has 0 fully saturated rings. The van der Waals surface area contributed by atoms with Crippen LogP contribution in [0.3, 0.4) is 0 Å². The number of para-hydroxylation sites is 1. The van der Waals surface area contributed by atoms with E-state index in [1.807, 2.05) is 62.5 Å². The van der Waals surface area contributed by atoms with Gasteiger partial charge in [0.1, 0.15) is 5.75 Å². The van der Waals surface area contributed by atoms with E-state index in [2.05, 4.69) is 16.5 Å². The zero-order chi connectivity index (χ0) is 17.6. The maximum absolute atomic E-state index is 12.0. The van der Waals surface area contributed by atoms with Crippen molar-refractivity contribution in [1.29, 1.82) is 0 Å². The SMILES string of the molecule is Cc1ccc(OCCC(=O)Nc2ccn(-c3ccccc3)n2)c(C)c1. The lowest BCUT2D eigenvalue weighted by molar-refractivity contribution is -0.116. The number of ether oxygens (including phenoxy) is 1. The lowest BCUT2D eigenvalue weighted by Gasteiger charge is -2.09. The van der Waals surface area contributed by atoms with E-state index in [9.17, 15) is 4.79 Å². The lowest BCUT2D eigenvalue weighted by atomic mass is 10.1. The van der Waals surface area contributed by atoms with Crippen LogP contribution in [-0.2, 0) is 4.79 Å². The van der Waals surface area contributed by atoms with Crippen LogP contribution in [0.5, 0.6) is 5.75 Å². The summed E-state index contributed by atoms with van der Waals surface area (Å²) in [6.07, 6.45) is 2.09. The van der Waals surface area contributed by atoms with Gasteiger partial charge in [0, 0.05) is 12.3 Å². The number of rotatable bonds is 6. The topological polar surface area (TPSA) is 56.1 Å². The van der Waals surface area contributed by atoms with Gasteiger partial charge in [0.2, 0.25) is 5.91 Å². The number of amides is 1. The fourth-order valence-electron chi connectivity index (χ4n) is 2.54. The summed E-state index contributed by atoms with van der Waals surface area (Å²) < 4.78 is 7.41. The Balaban J connectivity index is 1.50. The number of anilines is 1. The minimum atomic E-state index is -0.122. The largest absolute Gasteiger partial charge is 0.493 e. The van der Waals surface area contributed by atoms with Crippen molar-refractivity contribution in [3.8, 4) is 11.4 Å². The van der Waals surface area contributed by atoms with Crippen LogP contribution in [-0.4, -0.2) is 22.3 Å². The zero-order valence-corrected chi connectivity index (χ0v) is 14.4. The number of carbonyl (C=O) groups excluding carboxylic acids is 1. The lowest BCUT2D eigenvalue weighted by Crippen LogP contribution is -2.16. The van der Waals surface area contributed by atoms with Gasteiger partial charge in [-0.1, -0.05) is 35.9 Å². The molecule has 0 aliphatic rings. The third kappa shape index (κ3) is 4.47. The maximum Gasteiger partial charge on any atom is 0.229 e. The molecule has 0 saturated carbocycles. The molecule has 2 aromatic carbocycles. The molecule has 0 aliphatic carbocycles. The molecule has 3 aromatic rings. The Morgan fingerprint density at radius 2 is 1.92 bits per heavy atom. The molecule has 0 bridgehead atoms. The van der Waals surface area contributed by atoms with Gasteiger partial charge >= 0.3 is 0 Å². The van der Waals surface area contributed by atoms with E-state index in [0.29, 0.717) is 12.4 Å². The normalized spacial score (nSPS) is 10.5. The fourth-order valence-corrected chi connectivity index (χ4v) is 2.54. The van der Waals surface area contributed by atoms with Gasteiger partial charge in [-0.25, -0.2) is 4.68 Å². The Kier molecular flexibility index (Phi) is 5.14. The molecular weight excluding hydrogens is 314 g/mol. The number of aromatic nitrogens is 2. The number of aryl methyl sites for hydroxylation is 2. The van der Waals surface area contributed by atoms with Crippen molar-refractivity contribution in [2.24, 2.45) is 0 Å². The summed E-state index contributed by atoms with van der Waals surface area (Å²) in [4.78, 5) is 12.0. The average molecular weight is 335 g/mol. The molecule has 128 valence electrons. The molecule has 0 aliphatic heterocycles. The molecule has 3 rings (SSSR count). The van der Waals surface area contributed by atoms with Crippen LogP contribution in [0, 0.1) is 13.8 Å². The first-order valence-corrected chi connectivity index (χ1v) is 8.23. The predicted molar refractivity (Wildman–Crippen MR) is 98.2 cm³/mol. The van der Waals surface area contributed by atoms with Crippen LogP contribution in [0.1, 0.15) is 17.5 Å². The second-order valence-corrected chi connectivity index (χ2v) is 5.90. The molecule has 5 heteroatoms. The van der Waals surface area contributed by atoms with E-state index >= 15 is 0 Å². The monoisotopic (exact) mass is 335 g/mol. The number of hydrogen-bond donors (Lipinski definition) is 1. The van der Waals surface area contributed by atoms with Gasteiger partial charge in [0.15, 0.2) is 5.82 Å². The van der Waals surface area contributed by atoms with Crippen molar-refractivity contribution in [1.82, 2.24) is 9.78 Å². The molecule has 0 atom stereocenters. The van der Waals surface area contributed by atoms with Crippen molar-refractivity contribution in [3.63, 3.8) is 0 Å². The van der Waals surface area contributed by atoms with Crippen molar-refractivity contribution >= 4 is 11.7 Å². The molecular formula is C20H21N3O2. The standard InChI is InChI=1S/C20H21N3O2/c1-15-8-9-18(16(2)14-15)25-13-11-20(24)21-19-10-12-23(22-19)17-6-4-3-5-7-17/h3-10,12,14H,11,13H2,1-2H3,(H,21,22,24). The quantitative estimate of drug-likeness (QED) is 0.743. The Bertz CT molecular complexity index is 856. The summed E-state index contributed by atoms with van der Waals surface area (Å²) in [5.41, 5.74) is 3.21. The molecule has 1 aromatic heterocycles. The predicted octanol–water partition coefficient (Wildman–Crippen LogP) is 3.90. The zero-order valence-electron chi connectivity index (χ0n) is 14.4. The summed E-state index contributed by atoms with van der Waals surface area (Å²) >= 11 is 0. The van der Waals surface area contributed by atoms with Crippen LogP contribution in [0.25, 0.3) is 5.69 Å². The van der Waals surface area contributed by atoms with Gasteiger partial charge in [-0.2, -0.15) is 5.10 Å². The van der Waals surface area contributed by atoms with E-state index in [-0.39, 0.29) is 12.3 Å². The van der Waals surface area contributed by atoms with Crippen molar-refractivity contribution in [2.45, 2.75) is 20.3 Å². The van der Waals surface area contributed by atoms with Crippen LogP contribution in [0.2, 0.25) is 0 Å². The third-order valence-corrected chi connectivity index (χ3v) is 3.79. The van der Waals surface area contributed by atoms with Crippen LogP contribution < -0.4 is 10.1 Å². The second kappa shape index (κ2) is 7.66. The Hall–Kier alpha value is -3.08. The molecule has 0 spiro atoms. The number of nitrogens with zero attached hydrogens (tertiary/aromatic N) is 2. The van der Waals surface area contributed by atoms with Crippen LogP contribution >= 0.6 is 0 Å². The maximum atomic E-state index is 12.0. The summed E-state index contributed by atoms with van der Waals surface area (Å²) in [6.45, 7) is 4.37. The molecule has 0 radical (unpaired) electrons. The average Bonchev–Trinajstić information content (AvgIpc) is 3.06. The van der Waals surface area contributed by atoms with Crippen LogP contribution in [0.4, 0.5) is 5.82 Å². The Labute approximate surface area is 147 Å². The van der Waals surface area contributed by atoms with Crippen molar-refractivity contribution < 1.29 is 9.53 Å². The highest BCUT2D eigenvalue weighted by Gasteiger charge is 2.07. The Morgan fingerprint density at radius 1 is 1.12 bits per heavy atom. The molecule has 0 saturated heterocycles. The van der Waals surface area contributed by atoms with Gasteiger partial charge in [0.05, 0.1) is 18.7 Å². The van der Waals surface area contributed by atoms with Gasteiger partial charge < -0.3 is 10.1 Å². The highest BCUT2D eigenvalue weighted by molar-refractivity contribution is 5.89. The number of carbonyl (C=O) groups is 1. The van der Waals surface area contributed by atoms with E-state index in [1.165, 1.54) is 5.56 Å². The first kappa shape index (κ1) is 16.8. The van der Waals surface area contributed by atoms with Gasteiger partial charge in [-0.15, -0.1) is 0 Å². The van der Waals surface area contributed by atoms with E-state index in [0.717, 1.165) is 17.0 Å². The van der Waals surface area contributed by atoms with Gasteiger partial charge in [-0.3, -0.25) is 4.79 Å². The Morgan fingerprint density at radius 3 is 2.68 bits per heavy atom. The fraction of sp³-hybridized carbons (Fsp3) is 0.200. The van der Waals surface area contributed by atoms with E-state index < -0.39 is 0 Å². The minimum Gasteiger partial charge on any atom is -0.493 e. The molecule has 25 heavy (non-hydrogen) atoms. The third-order valence-electron chi connectivity index (χ3n) is 3.79. The smallest absolute Gasteiger partial charge is 0.229 e. The summed E-state index contributed by atoms with van der Waals surface area (Å²) in [7, 11) is 0. The van der Waals surface area contributed by atoms with Gasteiger partial charge in [0.25, 0.3) is 0 Å². The summed E-state index contributed by atoms with van der Waals surface area (Å²) in [5.74, 6) is 1.22. The molecule has 1 N–H and O–H groups in total. The van der Waals surface area contributed by atoms with Crippen molar-refractivity contribution in [2.75, 3.05) is 11.9 Å². The summed E-state index contributed by atoms with van der Waals surface area (Å²) in [6, 6.07) is 17.5. The number of nitrogens with one attached hydrogen (secondary N) is 1. The minimum absolute atomic E-state index is 0.122. The van der Waals surface area contributed by atoms with E-state index in [1.54, 1.807) is 10.7 Å². The second-order valence-electron chi connectivity index (χ2n) is 5.90. The van der Waals surface area contributed by atoms with Gasteiger partial charge in [-0.05, 0) is 37.6 Å². The first-order valence-electron chi connectivity index (χ1n) is 8.23. The molecule has 5 nitrogen and oxygen atoms in total. The molecule has 1 amide bonds. The van der Waals surface area contributed by atoms with Crippen LogP contribution in [0.15, 0.2) is 60.8 Å². The molecule has 1 heterocycles. The number of hydrogen-bond acceptors (Lipinski definition) is 3. The van der Waals surface area contributed by atoms with E-state index in [4.69, 9.17) is 4.74 Å². The first-order chi connectivity index (χ1) is 12.1. The molecule has 0 unspecified atom stereocenters. The number of benzene rings is 2. The highest BCUT2D eigenvalue weighted by Crippen LogP contribution is 2.18. The summed E-state index contributed by atoms with van der Waals surface area (Å²) in [5, 5.41) is 7.15.